The molecule has 2 heterocycles. The van der Waals surface area contributed by atoms with Crippen LogP contribution in [-0.2, 0) is 5.41 Å². The third-order valence-electron chi connectivity index (χ3n) is 6.64. The number of thiazole rings is 1. The summed E-state index contributed by atoms with van der Waals surface area (Å²) in [6.45, 7) is 13.9. The van der Waals surface area contributed by atoms with Gasteiger partial charge in [0.25, 0.3) is 11.6 Å². The Hall–Kier alpha value is -5.40. The minimum Gasteiger partial charge on any atom is -0.505 e. The molecule has 0 atom stereocenters. The van der Waals surface area contributed by atoms with Crippen LogP contribution in [0.3, 0.4) is 0 Å². The predicted octanol–water partition coefficient (Wildman–Crippen LogP) is 8.86. The molecule has 0 saturated heterocycles. The zero-order valence-electron chi connectivity index (χ0n) is 23.0. The molecule has 2 N–H and O–H groups in total. The van der Waals surface area contributed by atoms with E-state index in [4.69, 9.17) is 16.7 Å². The van der Waals surface area contributed by atoms with E-state index >= 15 is 0 Å². The number of hydrogen-bond acceptors (Lipinski definition) is 7. The Morgan fingerprint density at radius 2 is 1.71 bits per heavy atom. The van der Waals surface area contributed by atoms with Gasteiger partial charge in [-0.2, -0.15) is 9.78 Å². The third kappa shape index (κ3) is 4.87. The van der Waals surface area contributed by atoms with Gasteiger partial charge in [0.1, 0.15) is 5.69 Å². The summed E-state index contributed by atoms with van der Waals surface area (Å²) in [5.41, 5.74) is 1.88. The first kappa shape index (κ1) is 26.8. The Kier molecular flexibility index (Phi) is 6.72. The van der Waals surface area contributed by atoms with Gasteiger partial charge >= 0.3 is 0 Å². The second-order valence-electron chi connectivity index (χ2n) is 10.6. The largest absolute Gasteiger partial charge is 0.505 e. The standard InChI is InChI=1S/C32H25N7O2S/c1-32(2,3)28-26(33-4)29(39(38-28)31-35-23-16-10-11-17-24(23)42-31)37-36-25-21-15-9-8-12-19(21)18-22(27(25)40)30(41)34-20-13-6-5-7-14-20/h5-18,40H,1-3H3,(H,34,41)/b37-36+. The van der Waals surface area contributed by atoms with Gasteiger partial charge in [0.2, 0.25) is 5.13 Å². The van der Waals surface area contributed by atoms with Gasteiger partial charge in [-0.05, 0) is 41.1 Å². The molecular formula is C32H25N7O2S. The van der Waals surface area contributed by atoms with Crippen molar-refractivity contribution < 1.29 is 9.90 Å². The number of azo groups is 1. The zero-order valence-corrected chi connectivity index (χ0v) is 23.8. The monoisotopic (exact) mass is 571 g/mol. The van der Waals surface area contributed by atoms with Crippen molar-refractivity contribution in [3.63, 3.8) is 0 Å². The minimum absolute atomic E-state index is 0.0481. The molecule has 4 aromatic carbocycles. The summed E-state index contributed by atoms with van der Waals surface area (Å²) in [5, 5.41) is 29.7. The molecule has 0 bridgehead atoms. The maximum Gasteiger partial charge on any atom is 0.259 e. The molecule has 0 radical (unpaired) electrons. The van der Waals surface area contributed by atoms with Crippen LogP contribution in [0.25, 0.3) is 31.0 Å². The highest BCUT2D eigenvalue weighted by atomic mass is 32.1. The molecule has 42 heavy (non-hydrogen) atoms. The van der Waals surface area contributed by atoms with Crippen LogP contribution in [0.1, 0.15) is 36.8 Å². The van der Waals surface area contributed by atoms with Gasteiger partial charge in [0.15, 0.2) is 11.6 Å². The van der Waals surface area contributed by atoms with Crippen LogP contribution in [0.5, 0.6) is 5.75 Å². The lowest BCUT2D eigenvalue weighted by atomic mass is 9.91. The SMILES string of the molecule is [C-]#[N+]c1c(C(C)(C)C)nn(-c2nc3ccccc3s2)c1/N=N/c1c(O)c(C(=O)Nc2ccccc2)cc2ccccc12. The van der Waals surface area contributed by atoms with Crippen LogP contribution in [0, 0.1) is 6.57 Å². The fourth-order valence-corrected chi connectivity index (χ4v) is 5.51. The molecule has 1 amide bonds. The van der Waals surface area contributed by atoms with Crippen LogP contribution >= 0.6 is 11.3 Å². The van der Waals surface area contributed by atoms with E-state index < -0.39 is 11.3 Å². The highest BCUT2D eigenvalue weighted by molar-refractivity contribution is 7.20. The van der Waals surface area contributed by atoms with Crippen molar-refractivity contribution in [2.24, 2.45) is 10.2 Å². The average Bonchev–Trinajstić information content (AvgIpc) is 3.58. The molecule has 0 spiro atoms. The maximum atomic E-state index is 13.2. The molecule has 6 aromatic rings. The lowest BCUT2D eigenvalue weighted by molar-refractivity contribution is 0.102. The van der Waals surface area contributed by atoms with Gasteiger partial charge in [-0.3, -0.25) is 4.79 Å². The normalized spacial score (nSPS) is 11.8. The number of phenolic OH excluding ortho intramolecular Hbond substituents is 1. The number of hydrogen-bond donors (Lipinski definition) is 2. The molecule has 9 nitrogen and oxygen atoms in total. The van der Waals surface area contributed by atoms with Gasteiger partial charge in [-0.1, -0.05) is 86.7 Å². The fourth-order valence-electron chi connectivity index (χ4n) is 4.59. The van der Waals surface area contributed by atoms with E-state index in [1.165, 1.54) is 16.0 Å². The van der Waals surface area contributed by atoms with E-state index in [9.17, 15) is 9.90 Å². The third-order valence-corrected chi connectivity index (χ3v) is 7.65. The average molecular weight is 572 g/mol. The van der Waals surface area contributed by atoms with Gasteiger partial charge < -0.3 is 10.4 Å². The number of anilines is 1. The van der Waals surface area contributed by atoms with Crippen LogP contribution in [0.4, 0.5) is 22.9 Å². The molecule has 0 aliphatic carbocycles. The van der Waals surface area contributed by atoms with Crippen LogP contribution in [0.15, 0.2) is 95.2 Å². The Morgan fingerprint density at radius 1 is 1.00 bits per heavy atom. The van der Waals surface area contributed by atoms with Crippen molar-refractivity contribution in [3.8, 4) is 10.9 Å². The van der Waals surface area contributed by atoms with E-state index in [2.05, 4.69) is 20.4 Å². The number of carbonyl (C=O) groups excluding carboxylic acids is 1. The van der Waals surface area contributed by atoms with E-state index in [0.29, 0.717) is 27.3 Å². The number of fused-ring (bicyclic) bond motifs is 2. The summed E-state index contributed by atoms with van der Waals surface area (Å²) in [5.74, 6) is -0.619. The van der Waals surface area contributed by atoms with Crippen LogP contribution in [0.2, 0.25) is 0 Å². The number of rotatable bonds is 5. The molecule has 0 saturated carbocycles. The number of nitrogens with zero attached hydrogens (tertiary/aromatic N) is 6. The summed E-state index contributed by atoms with van der Waals surface area (Å²) in [7, 11) is 0. The second kappa shape index (κ2) is 10.5. The topological polar surface area (TPSA) is 109 Å². The first-order valence-corrected chi connectivity index (χ1v) is 14.0. The lowest BCUT2D eigenvalue weighted by Crippen LogP contribution is -2.12. The molecule has 10 heteroatoms. The van der Waals surface area contributed by atoms with Crippen molar-refractivity contribution in [1.29, 1.82) is 0 Å². The van der Waals surface area contributed by atoms with Gasteiger partial charge in [0.05, 0.1) is 28.0 Å². The Labute approximate surface area is 245 Å². The summed E-state index contributed by atoms with van der Waals surface area (Å²) in [6, 6.07) is 25.6. The molecule has 0 aliphatic rings. The van der Waals surface area contributed by atoms with E-state index in [1.807, 2.05) is 81.4 Å². The number of nitrogens with one attached hydrogen (secondary N) is 1. The predicted molar refractivity (Wildman–Crippen MR) is 166 cm³/mol. The van der Waals surface area contributed by atoms with E-state index in [0.717, 1.165) is 10.2 Å². The summed E-state index contributed by atoms with van der Waals surface area (Å²) < 4.78 is 2.50. The molecule has 2 aromatic heterocycles. The van der Waals surface area contributed by atoms with Crippen LogP contribution in [-0.4, -0.2) is 25.8 Å². The van der Waals surface area contributed by atoms with E-state index in [1.54, 1.807) is 24.3 Å². The maximum absolute atomic E-state index is 13.2. The highest BCUT2D eigenvalue weighted by Gasteiger charge is 2.29. The molecule has 206 valence electrons. The lowest BCUT2D eigenvalue weighted by Gasteiger charge is -2.15. The molecular weight excluding hydrogens is 546 g/mol. The fraction of sp³-hybridized carbons (Fsp3) is 0.125. The first-order valence-electron chi connectivity index (χ1n) is 13.1. The Morgan fingerprint density at radius 3 is 2.45 bits per heavy atom. The number of carbonyl (C=O) groups is 1. The van der Waals surface area contributed by atoms with Crippen molar-refractivity contribution in [2.75, 3.05) is 5.32 Å². The minimum atomic E-state index is -0.489. The van der Waals surface area contributed by atoms with Crippen molar-refractivity contribution >= 4 is 61.1 Å². The van der Waals surface area contributed by atoms with Gasteiger partial charge in [0, 0.05) is 11.1 Å². The zero-order chi connectivity index (χ0) is 29.4. The number of phenols is 1. The van der Waals surface area contributed by atoms with Crippen molar-refractivity contribution in [1.82, 2.24) is 14.8 Å². The van der Waals surface area contributed by atoms with Crippen LogP contribution < -0.4 is 5.32 Å². The second-order valence-corrected chi connectivity index (χ2v) is 11.6. The Bertz CT molecular complexity index is 2010. The van der Waals surface area contributed by atoms with E-state index in [-0.39, 0.29) is 28.5 Å². The number of aromatic nitrogens is 3. The smallest absolute Gasteiger partial charge is 0.259 e. The summed E-state index contributed by atoms with van der Waals surface area (Å²) in [4.78, 5) is 21.8. The molecule has 6 rings (SSSR count). The number of benzene rings is 4. The van der Waals surface area contributed by atoms with Gasteiger partial charge in [-0.15, -0.1) is 10.2 Å². The highest BCUT2D eigenvalue weighted by Crippen LogP contribution is 2.44. The number of aromatic hydroxyl groups is 1. The quantitative estimate of drug-likeness (QED) is 0.159. The number of amides is 1. The van der Waals surface area contributed by atoms with Gasteiger partial charge in [-0.25, -0.2) is 9.83 Å². The summed E-state index contributed by atoms with van der Waals surface area (Å²) in [6.07, 6.45) is 0. The molecule has 0 fully saturated rings. The van der Waals surface area contributed by atoms with Crippen molar-refractivity contribution in [2.45, 2.75) is 26.2 Å². The molecule has 0 unspecified atom stereocenters. The number of para-hydroxylation sites is 2. The molecule has 0 aliphatic heterocycles. The Balaban J connectivity index is 1.52. The summed E-state index contributed by atoms with van der Waals surface area (Å²) >= 11 is 1.42. The first-order chi connectivity index (χ1) is 20.2. The van der Waals surface area contributed by atoms with Crippen molar-refractivity contribution in [3.05, 3.63) is 108 Å².